The molecule has 0 radical (unpaired) electrons. The topological polar surface area (TPSA) is 70.7 Å². The number of hydrogen-bond acceptors (Lipinski definition) is 4. The Morgan fingerprint density at radius 2 is 2.06 bits per heavy atom. The van der Waals surface area contributed by atoms with Gasteiger partial charge in [-0.1, -0.05) is 11.6 Å². The van der Waals surface area contributed by atoms with E-state index in [4.69, 9.17) is 16.3 Å². The zero-order valence-corrected chi connectivity index (χ0v) is 11.0. The van der Waals surface area contributed by atoms with Crippen molar-refractivity contribution in [1.29, 1.82) is 0 Å². The van der Waals surface area contributed by atoms with Crippen LogP contribution in [0, 0.1) is 0 Å². The van der Waals surface area contributed by atoms with Crippen LogP contribution in [0.1, 0.15) is 9.67 Å². The molecule has 0 bridgehead atoms. The first kappa shape index (κ1) is 13.1. The second-order valence-electron chi connectivity index (χ2n) is 3.58. The smallest absolute Gasteiger partial charge is 0.336 e. The number of carbonyl (C=O) groups excluding carboxylic acids is 2. The van der Waals surface area contributed by atoms with Crippen molar-refractivity contribution in [3.8, 4) is 0 Å². The Morgan fingerprint density at radius 1 is 1.33 bits per heavy atom. The third-order valence-corrected chi connectivity index (χ3v) is 3.74. The van der Waals surface area contributed by atoms with Crippen LogP contribution in [0.4, 0.5) is 4.79 Å². The second-order valence-corrected chi connectivity index (χ2v) is 4.90. The number of urea groups is 1. The minimum atomic E-state index is -0.420. The molecular formula is C10H12ClN3O3S. The largest absolute Gasteiger partial charge is 0.378 e. The van der Waals surface area contributed by atoms with E-state index in [9.17, 15) is 9.59 Å². The second kappa shape index (κ2) is 6.03. The van der Waals surface area contributed by atoms with Crippen molar-refractivity contribution in [2.24, 2.45) is 0 Å². The fourth-order valence-electron chi connectivity index (χ4n) is 1.47. The summed E-state index contributed by atoms with van der Waals surface area (Å²) in [6.45, 7) is 2.05. The van der Waals surface area contributed by atoms with Gasteiger partial charge in [0.25, 0.3) is 5.91 Å². The van der Waals surface area contributed by atoms with Crippen LogP contribution in [0.15, 0.2) is 11.4 Å². The molecule has 1 saturated heterocycles. The van der Waals surface area contributed by atoms with Crippen LogP contribution in [-0.4, -0.2) is 43.1 Å². The van der Waals surface area contributed by atoms with E-state index in [0.29, 0.717) is 36.2 Å². The van der Waals surface area contributed by atoms with E-state index in [0.717, 1.165) is 0 Å². The van der Waals surface area contributed by atoms with Crippen LogP contribution >= 0.6 is 22.9 Å². The number of nitrogens with zero attached hydrogens (tertiary/aromatic N) is 1. The van der Waals surface area contributed by atoms with Crippen LogP contribution in [-0.2, 0) is 4.74 Å². The van der Waals surface area contributed by atoms with E-state index < -0.39 is 5.91 Å². The molecule has 18 heavy (non-hydrogen) atoms. The first-order valence-electron chi connectivity index (χ1n) is 5.34. The minimum Gasteiger partial charge on any atom is -0.378 e. The number of nitrogens with one attached hydrogen (secondary N) is 2. The highest BCUT2D eigenvalue weighted by Gasteiger charge is 2.18. The summed E-state index contributed by atoms with van der Waals surface area (Å²) in [5.74, 6) is -0.420. The molecule has 2 heterocycles. The summed E-state index contributed by atoms with van der Waals surface area (Å²) in [5.41, 5.74) is 4.68. The summed E-state index contributed by atoms with van der Waals surface area (Å²) in [5, 5.41) is 2.08. The van der Waals surface area contributed by atoms with Gasteiger partial charge in [-0.3, -0.25) is 10.2 Å². The third kappa shape index (κ3) is 3.12. The fraction of sp³-hybridized carbons (Fsp3) is 0.400. The Morgan fingerprint density at radius 3 is 2.67 bits per heavy atom. The molecule has 1 aliphatic rings. The van der Waals surface area contributed by atoms with E-state index in [-0.39, 0.29) is 6.03 Å². The molecule has 0 unspecified atom stereocenters. The van der Waals surface area contributed by atoms with Crippen LogP contribution in [0.2, 0.25) is 5.02 Å². The van der Waals surface area contributed by atoms with Crippen molar-refractivity contribution in [3.63, 3.8) is 0 Å². The Balaban J connectivity index is 1.82. The van der Waals surface area contributed by atoms with Gasteiger partial charge in [0.1, 0.15) is 4.88 Å². The van der Waals surface area contributed by atoms with E-state index in [2.05, 4.69) is 10.9 Å². The summed E-state index contributed by atoms with van der Waals surface area (Å²) in [7, 11) is 0. The van der Waals surface area contributed by atoms with Gasteiger partial charge in [0, 0.05) is 13.1 Å². The molecular weight excluding hydrogens is 278 g/mol. The number of hydrazine groups is 1. The van der Waals surface area contributed by atoms with Gasteiger partial charge in [0.15, 0.2) is 0 Å². The number of hydrogen-bond donors (Lipinski definition) is 2. The van der Waals surface area contributed by atoms with Gasteiger partial charge < -0.3 is 9.64 Å². The molecule has 98 valence electrons. The molecule has 3 amide bonds. The van der Waals surface area contributed by atoms with Gasteiger partial charge in [0.2, 0.25) is 0 Å². The summed E-state index contributed by atoms with van der Waals surface area (Å²) in [6.07, 6.45) is 0. The molecule has 2 N–H and O–H groups in total. The van der Waals surface area contributed by atoms with Gasteiger partial charge in [-0.25, -0.2) is 10.2 Å². The van der Waals surface area contributed by atoms with Crippen LogP contribution in [0.3, 0.4) is 0 Å². The SMILES string of the molecule is O=C(NNC(=O)N1CCOCC1)c1sccc1Cl. The number of amides is 3. The summed E-state index contributed by atoms with van der Waals surface area (Å²) >= 11 is 7.02. The molecule has 6 nitrogen and oxygen atoms in total. The Hall–Kier alpha value is -1.31. The summed E-state index contributed by atoms with van der Waals surface area (Å²) < 4.78 is 5.13. The van der Waals surface area contributed by atoms with Crippen LogP contribution in [0.5, 0.6) is 0 Å². The van der Waals surface area contributed by atoms with Gasteiger partial charge >= 0.3 is 6.03 Å². The van der Waals surface area contributed by atoms with Crippen molar-refractivity contribution in [1.82, 2.24) is 15.8 Å². The summed E-state index contributed by atoms with van der Waals surface area (Å²) in [4.78, 5) is 25.3. The monoisotopic (exact) mass is 289 g/mol. The van der Waals surface area contributed by atoms with Crippen molar-refractivity contribution in [3.05, 3.63) is 21.3 Å². The lowest BCUT2D eigenvalue weighted by atomic mass is 10.4. The number of thiophene rings is 1. The highest BCUT2D eigenvalue weighted by atomic mass is 35.5. The Kier molecular flexibility index (Phi) is 4.40. The predicted molar refractivity (Wildman–Crippen MR) is 67.7 cm³/mol. The molecule has 0 aliphatic carbocycles. The average molecular weight is 290 g/mol. The number of morpholine rings is 1. The lowest BCUT2D eigenvalue weighted by Gasteiger charge is -2.26. The van der Waals surface area contributed by atoms with Gasteiger partial charge in [-0.05, 0) is 11.4 Å². The molecule has 1 aromatic heterocycles. The van der Waals surface area contributed by atoms with Crippen molar-refractivity contribution in [2.75, 3.05) is 26.3 Å². The van der Waals surface area contributed by atoms with Crippen molar-refractivity contribution >= 4 is 34.9 Å². The molecule has 0 aromatic carbocycles. The number of carbonyl (C=O) groups is 2. The highest BCUT2D eigenvalue weighted by molar-refractivity contribution is 7.12. The quantitative estimate of drug-likeness (QED) is 0.760. The molecule has 0 spiro atoms. The number of rotatable bonds is 1. The highest BCUT2D eigenvalue weighted by Crippen LogP contribution is 2.21. The van der Waals surface area contributed by atoms with Crippen molar-refractivity contribution < 1.29 is 14.3 Å². The van der Waals surface area contributed by atoms with Gasteiger partial charge in [-0.2, -0.15) is 0 Å². The maximum Gasteiger partial charge on any atom is 0.336 e. The van der Waals surface area contributed by atoms with Crippen LogP contribution in [0.25, 0.3) is 0 Å². The lowest BCUT2D eigenvalue weighted by molar-refractivity contribution is 0.0519. The van der Waals surface area contributed by atoms with Gasteiger partial charge in [-0.15, -0.1) is 11.3 Å². The van der Waals surface area contributed by atoms with Gasteiger partial charge in [0.05, 0.1) is 18.2 Å². The molecule has 1 fully saturated rings. The van der Waals surface area contributed by atoms with E-state index in [1.54, 1.807) is 16.3 Å². The molecule has 1 aromatic rings. The third-order valence-electron chi connectivity index (χ3n) is 2.40. The number of halogens is 1. The minimum absolute atomic E-state index is 0.348. The average Bonchev–Trinajstić information content (AvgIpc) is 2.83. The van der Waals surface area contributed by atoms with E-state index >= 15 is 0 Å². The Labute approximate surface area is 113 Å². The van der Waals surface area contributed by atoms with Crippen LogP contribution < -0.4 is 10.9 Å². The van der Waals surface area contributed by atoms with Crippen molar-refractivity contribution in [2.45, 2.75) is 0 Å². The fourth-order valence-corrected chi connectivity index (χ4v) is 2.50. The standard InChI is InChI=1S/C10H12ClN3O3S/c11-7-1-6-18-8(7)9(15)12-13-10(16)14-2-4-17-5-3-14/h1,6H,2-5H2,(H,12,15)(H,13,16). The number of ether oxygens (including phenoxy) is 1. The molecule has 0 saturated carbocycles. The Bertz CT molecular complexity index is 445. The maximum absolute atomic E-state index is 11.7. The molecule has 8 heteroatoms. The lowest BCUT2D eigenvalue weighted by Crippen LogP contribution is -2.51. The van der Waals surface area contributed by atoms with E-state index in [1.165, 1.54) is 11.3 Å². The summed E-state index contributed by atoms with van der Waals surface area (Å²) in [6, 6.07) is 1.28. The predicted octanol–water partition coefficient (Wildman–Crippen LogP) is 1.09. The maximum atomic E-state index is 11.7. The zero-order chi connectivity index (χ0) is 13.0. The first-order valence-corrected chi connectivity index (χ1v) is 6.60. The molecule has 1 aliphatic heterocycles. The van der Waals surface area contributed by atoms with E-state index in [1.807, 2.05) is 0 Å². The molecule has 2 rings (SSSR count). The first-order chi connectivity index (χ1) is 8.68. The normalized spacial score (nSPS) is 15.3. The zero-order valence-electron chi connectivity index (χ0n) is 9.44. The molecule has 0 atom stereocenters.